The molecule has 0 amide bonds. The van der Waals surface area contributed by atoms with Gasteiger partial charge in [-0.15, -0.1) is 0 Å². The Morgan fingerprint density at radius 1 is 0.853 bits per heavy atom. The lowest BCUT2D eigenvalue weighted by Crippen LogP contribution is -2.11. The van der Waals surface area contributed by atoms with E-state index in [0.29, 0.717) is 19.1 Å². The van der Waals surface area contributed by atoms with Crippen molar-refractivity contribution in [2.45, 2.75) is 65.5 Å². The second-order valence-corrected chi connectivity index (χ2v) is 10.1. The summed E-state index contributed by atoms with van der Waals surface area (Å²) in [4.78, 5) is 4.86. The quantitative estimate of drug-likeness (QED) is 0.245. The highest BCUT2D eigenvalue weighted by Gasteiger charge is 2.14. The van der Waals surface area contributed by atoms with E-state index < -0.39 is 0 Å². The van der Waals surface area contributed by atoms with Crippen molar-refractivity contribution in [2.24, 2.45) is 0 Å². The lowest BCUT2D eigenvalue weighted by molar-refractivity contribution is 0.279. The molecule has 178 valence electrons. The Hall–Kier alpha value is -3.27. The zero-order chi connectivity index (χ0) is 24.1. The standard InChI is InChI=1S/C30H36N2O2/c1-22(2)25-11-6-9-14-28(25)33-20-10-19-32-27-13-8-7-12-26(27)31-29(32)21-34-24-17-15-23(16-18-24)30(3,4)5/h6-9,11-18,22H,10,19-21H2,1-5H3. The first kappa shape index (κ1) is 23.9. The van der Waals surface area contributed by atoms with Crippen molar-refractivity contribution in [3.8, 4) is 11.5 Å². The van der Waals surface area contributed by atoms with Crippen LogP contribution in [-0.2, 0) is 18.6 Å². The smallest absolute Gasteiger partial charge is 0.147 e. The number of hydrogen-bond acceptors (Lipinski definition) is 3. The average molecular weight is 457 g/mol. The summed E-state index contributed by atoms with van der Waals surface area (Å²) in [5, 5.41) is 0. The summed E-state index contributed by atoms with van der Waals surface area (Å²) < 4.78 is 14.5. The van der Waals surface area contributed by atoms with Crippen molar-refractivity contribution in [3.63, 3.8) is 0 Å². The van der Waals surface area contributed by atoms with Crippen molar-refractivity contribution in [1.29, 1.82) is 0 Å². The molecule has 0 saturated carbocycles. The molecule has 0 aliphatic carbocycles. The van der Waals surface area contributed by atoms with Gasteiger partial charge in [0.15, 0.2) is 0 Å². The van der Waals surface area contributed by atoms with E-state index in [1.54, 1.807) is 0 Å². The first-order valence-electron chi connectivity index (χ1n) is 12.2. The fraction of sp³-hybridized carbons (Fsp3) is 0.367. The van der Waals surface area contributed by atoms with E-state index in [1.807, 2.05) is 24.3 Å². The topological polar surface area (TPSA) is 36.3 Å². The lowest BCUT2D eigenvalue weighted by atomic mass is 9.87. The lowest BCUT2D eigenvalue weighted by Gasteiger charge is -2.19. The third-order valence-corrected chi connectivity index (χ3v) is 6.15. The summed E-state index contributed by atoms with van der Waals surface area (Å²) in [6.45, 7) is 13.0. The third kappa shape index (κ3) is 5.61. The fourth-order valence-electron chi connectivity index (χ4n) is 4.18. The van der Waals surface area contributed by atoms with E-state index in [0.717, 1.165) is 41.3 Å². The highest BCUT2D eigenvalue weighted by atomic mass is 16.5. The molecule has 0 unspecified atom stereocenters. The number of imidazole rings is 1. The zero-order valence-corrected chi connectivity index (χ0v) is 21.0. The minimum Gasteiger partial charge on any atom is -0.493 e. The number of nitrogens with zero attached hydrogens (tertiary/aromatic N) is 2. The van der Waals surface area contributed by atoms with Crippen molar-refractivity contribution in [3.05, 3.63) is 89.7 Å². The SMILES string of the molecule is CC(C)c1ccccc1OCCCn1c(COc2ccc(C(C)(C)C)cc2)nc2ccccc21. The first-order valence-corrected chi connectivity index (χ1v) is 12.2. The van der Waals surface area contributed by atoms with Crippen LogP contribution in [0.5, 0.6) is 11.5 Å². The Kier molecular flexibility index (Phi) is 7.26. The molecule has 0 bridgehead atoms. The van der Waals surface area contributed by atoms with Gasteiger partial charge in [0.05, 0.1) is 17.6 Å². The molecule has 1 heterocycles. The molecular weight excluding hydrogens is 420 g/mol. The second kappa shape index (κ2) is 10.3. The maximum Gasteiger partial charge on any atom is 0.147 e. The van der Waals surface area contributed by atoms with Crippen LogP contribution in [0.3, 0.4) is 0 Å². The minimum absolute atomic E-state index is 0.129. The number of aryl methyl sites for hydroxylation is 1. The van der Waals surface area contributed by atoms with E-state index in [4.69, 9.17) is 14.5 Å². The summed E-state index contributed by atoms with van der Waals surface area (Å²) in [6.07, 6.45) is 0.889. The van der Waals surface area contributed by atoms with Gasteiger partial charge in [0.2, 0.25) is 0 Å². The normalized spacial score (nSPS) is 11.8. The Morgan fingerprint density at radius 2 is 1.56 bits per heavy atom. The van der Waals surface area contributed by atoms with Gasteiger partial charge in [-0.1, -0.05) is 77.1 Å². The second-order valence-electron chi connectivity index (χ2n) is 10.1. The Balaban J connectivity index is 1.43. The summed E-state index contributed by atoms with van der Waals surface area (Å²) in [5.74, 6) is 3.22. The first-order chi connectivity index (χ1) is 16.3. The summed E-state index contributed by atoms with van der Waals surface area (Å²) in [5.41, 5.74) is 4.81. The number of ether oxygens (including phenoxy) is 2. The van der Waals surface area contributed by atoms with Crippen LogP contribution >= 0.6 is 0 Å². The van der Waals surface area contributed by atoms with Crippen LogP contribution < -0.4 is 9.47 Å². The molecule has 0 radical (unpaired) electrons. The number of fused-ring (bicyclic) bond motifs is 1. The maximum absolute atomic E-state index is 6.15. The van der Waals surface area contributed by atoms with Crippen LogP contribution in [0.25, 0.3) is 11.0 Å². The highest BCUT2D eigenvalue weighted by molar-refractivity contribution is 5.75. The van der Waals surface area contributed by atoms with Gasteiger partial charge in [0.25, 0.3) is 0 Å². The van der Waals surface area contributed by atoms with Crippen LogP contribution in [-0.4, -0.2) is 16.2 Å². The van der Waals surface area contributed by atoms with Gasteiger partial charge in [-0.25, -0.2) is 4.98 Å². The molecule has 34 heavy (non-hydrogen) atoms. The number of rotatable bonds is 9. The molecule has 0 aliphatic rings. The van der Waals surface area contributed by atoms with Gasteiger partial charge in [-0.2, -0.15) is 0 Å². The number of hydrogen-bond donors (Lipinski definition) is 0. The molecule has 4 nitrogen and oxygen atoms in total. The van der Waals surface area contributed by atoms with Crippen molar-refractivity contribution in [1.82, 2.24) is 9.55 Å². The van der Waals surface area contributed by atoms with E-state index in [9.17, 15) is 0 Å². The zero-order valence-electron chi connectivity index (χ0n) is 21.0. The van der Waals surface area contributed by atoms with Gasteiger partial charge in [0.1, 0.15) is 23.9 Å². The molecule has 0 saturated heterocycles. The average Bonchev–Trinajstić information content (AvgIpc) is 3.18. The van der Waals surface area contributed by atoms with Crippen LogP contribution in [0.2, 0.25) is 0 Å². The van der Waals surface area contributed by atoms with Gasteiger partial charge in [0, 0.05) is 6.54 Å². The van der Waals surface area contributed by atoms with Crippen molar-refractivity contribution in [2.75, 3.05) is 6.61 Å². The van der Waals surface area contributed by atoms with Crippen LogP contribution in [0.4, 0.5) is 0 Å². The molecule has 4 heteroatoms. The molecule has 0 spiro atoms. The Morgan fingerprint density at radius 3 is 2.29 bits per heavy atom. The molecule has 3 aromatic carbocycles. The third-order valence-electron chi connectivity index (χ3n) is 6.15. The molecule has 0 fully saturated rings. The maximum atomic E-state index is 6.15. The number of benzene rings is 3. The Bertz CT molecular complexity index is 1220. The monoisotopic (exact) mass is 456 g/mol. The molecule has 1 aromatic heterocycles. The predicted octanol–water partition coefficient (Wildman–Crippen LogP) is 7.51. The van der Waals surface area contributed by atoms with Gasteiger partial charge >= 0.3 is 0 Å². The van der Waals surface area contributed by atoms with Gasteiger partial charge < -0.3 is 14.0 Å². The largest absolute Gasteiger partial charge is 0.493 e. The molecule has 4 rings (SSSR count). The molecule has 0 N–H and O–H groups in total. The van der Waals surface area contributed by atoms with Gasteiger partial charge in [-0.3, -0.25) is 0 Å². The van der Waals surface area contributed by atoms with E-state index in [1.165, 1.54) is 11.1 Å². The minimum atomic E-state index is 0.129. The summed E-state index contributed by atoms with van der Waals surface area (Å²) >= 11 is 0. The number of para-hydroxylation sites is 3. The molecule has 4 aromatic rings. The summed E-state index contributed by atoms with van der Waals surface area (Å²) in [6, 6.07) is 25.0. The van der Waals surface area contributed by atoms with E-state index >= 15 is 0 Å². The van der Waals surface area contributed by atoms with Gasteiger partial charge in [-0.05, 0) is 59.2 Å². The number of aromatic nitrogens is 2. The van der Waals surface area contributed by atoms with Crippen molar-refractivity contribution < 1.29 is 9.47 Å². The Labute approximate surface area is 203 Å². The van der Waals surface area contributed by atoms with E-state index in [2.05, 4.69) is 87.7 Å². The summed E-state index contributed by atoms with van der Waals surface area (Å²) in [7, 11) is 0. The fourth-order valence-corrected chi connectivity index (χ4v) is 4.18. The molecule has 0 atom stereocenters. The predicted molar refractivity (Wildman–Crippen MR) is 140 cm³/mol. The van der Waals surface area contributed by atoms with Crippen LogP contribution in [0.15, 0.2) is 72.8 Å². The highest BCUT2D eigenvalue weighted by Crippen LogP contribution is 2.27. The van der Waals surface area contributed by atoms with Crippen LogP contribution in [0, 0.1) is 0 Å². The molecule has 0 aliphatic heterocycles. The van der Waals surface area contributed by atoms with Crippen molar-refractivity contribution >= 4 is 11.0 Å². The van der Waals surface area contributed by atoms with E-state index in [-0.39, 0.29) is 5.41 Å². The molecular formula is C30H36N2O2. The van der Waals surface area contributed by atoms with Crippen LogP contribution in [0.1, 0.15) is 63.9 Å².